The molecule has 0 aliphatic heterocycles. The van der Waals surface area contributed by atoms with Crippen LogP contribution in [0.15, 0.2) is 218 Å². The van der Waals surface area contributed by atoms with Gasteiger partial charge < -0.3 is 0 Å². The SMILES string of the molecule is C(=C(C=C(c1ccccc1)c1ccccc1)c1ccccc1)c1ccccc1C=C(C=C(c1ccccc1)c1ccccc1)c1ccccc1. The molecule has 0 unspecified atom stereocenters. The van der Waals surface area contributed by atoms with Crippen LogP contribution in [0.3, 0.4) is 0 Å². The van der Waals surface area contributed by atoms with E-state index in [0.29, 0.717) is 0 Å². The van der Waals surface area contributed by atoms with Gasteiger partial charge in [0.05, 0.1) is 0 Å². The predicted octanol–water partition coefficient (Wildman–Crippen LogP) is 13.0. The Morgan fingerprint density at radius 1 is 0.240 bits per heavy atom. The van der Waals surface area contributed by atoms with E-state index in [1.807, 2.05) is 0 Å². The van der Waals surface area contributed by atoms with Crippen molar-refractivity contribution in [2.24, 2.45) is 0 Å². The van der Waals surface area contributed by atoms with Crippen LogP contribution in [0.5, 0.6) is 0 Å². The zero-order valence-electron chi connectivity index (χ0n) is 27.9. The van der Waals surface area contributed by atoms with E-state index in [4.69, 9.17) is 0 Å². The van der Waals surface area contributed by atoms with Crippen molar-refractivity contribution in [1.29, 1.82) is 0 Å². The Kier molecular flexibility index (Phi) is 10.3. The van der Waals surface area contributed by atoms with Gasteiger partial charge in [-0.2, -0.15) is 0 Å². The van der Waals surface area contributed by atoms with Crippen LogP contribution in [-0.4, -0.2) is 0 Å². The Bertz CT molecular complexity index is 1990. The molecule has 7 aromatic rings. The highest BCUT2D eigenvalue weighted by atomic mass is 14.2. The first-order valence-electron chi connectivity index (χ1n) is 17.1. The van der Waals surface area contributed by atoms with Crippen LogP contribution in [0.25, 0.3) is 34.4 Å². The summed E-state index contributed by atoms with van der Waals surface area (Å²) in [5.74, 6) is 0. The molecule has 7 rings (SSSR count). The molecule has 0 radical (unpaired) electrons. The summed E-state index contributed by atoms with van der Waals surface area (Å²) in [4.78, 5) is 0. The lowest BCUT2D eigenvalue weighted by Crippen LogP contribution is -1.92. The molecule has 0 atom stereocenters. The van der Waals surface area contributed by atoms with Crippen LogP contribution in [0.4, 0.5) is 0 Å². The zero-order valence-corrected chi connectivity index (χ0v) is 27.9. The molecule has 0 saturated heterocycles. The first kappa shape index (κ1) is 32.1. The van der Waals surface area contributed by atoms with E-state index in [0.717, 1.165) is 33.4 Å². The Hall–Kier alpha value is -6.50. The van der Waals surface area contributed by atoms with Crippen molar-refractivity contribution in [3.63, 3.8) is 0 Å². The molecular formula is C50H38. The average Bonchev–Trinajstić information content (AvgIpc) is 3.20. The summed E-state index contributed by atoms with van der Waals surface area (Å²) in [6.07, 6.45) is 9.33. The zero-order chi connectivity index (χ0) is 33.8. The second-order valence-corrected chi connectivity index (χ2v) is 12.1. The molecule has 0 spiro atoms. The monoisotopic (exact) mass is 638 g/mol. The molecule has 50 heavy (non-hydrogen) atoms. The lowest BCUT2D eigenvalue weighted by Gasteiger charge is -2.13. The largest absolute Gasteiger partial charge is 0.0622 e. The van der Waals surface area contributed by atoms with Crippen LogP contribution in [0.1, 0.15) is 44.5 Å². The highest BCUT2D eigenvalue weighted by Crippen LogP contribution is 2.33. The number of hydrogen-bond donors (Lipinski definition) is 0. The van der Waals surface area contributed by atoms with E-state index in [1.165, 1.54) is 33.4 Å². The number of allylic oxidation sites excluding steroid dienone is 4. The van der Waals surface area contributed by atoms with Crippen molar-refractivity contribution < 1.29 is 0 Å². The van der Waals surface area contributed by atoms with E-state index in [2.05, 4.69) is 231 Å². The third kappa shape index (κ3) is 7.96. The quantitative estimate of drug-likeness (QED) is 0.103. The lowest BCUT2D eigenvalue weighted by molar-refractivity contribution is 1.54. The summed E-state index contributed by atoms with van der Waals surface area (Å²) in [5, 5.41) is 0. The smallest absolute Gasteiger partial charge is 0.0105 e. The summed E-state index contributed by atoms with van der Waals surface area (Å²) in [7, 11) is 0. The topological polar surface area (TPSA) is 0 Å². The van der Waals surface area contributed by atoms with E-state index in [1.54, 1.807) is 0 Å². The van der Waals surface area contributed by atoms with Crippen molar-refractivity contribution in [3.8, 4) is 0 Å². The maximum atomic E-state index is 2.33. The Morgan fingerprint density at radius 3 is 0.720 bits per heavy atom. The highest BCUT2D eigenvalue weighted by Gasteiger charge is 2.11. The van der Waals surface area contributed by atoms with E-state index in [9.17, 15) is 0 Å². The second kappa shape index (κ2) is 16.1. The summed E-state index contributed by atoms with van der Waals surface area (Å²) in [6, 6.07) is 72.7. The standard InChI is InChI=1S/C50H38/c1-7-21-39(22-8-1)47(37-49(41-25-11-3-12-26-41)42-27-13-4-14-28-42)35-45-33-19-20-34-46(45)36-48(40-23-9-2-10-24-40)38-50(43-29-15-5-16-30-43)44-31-17-6-18-32-44/h1-38H. The van der Waals surface area contributed by atoms with E-state index >= 15 is 0 Å². The molecule has 0 amide bonds. The van der Waals surface area contributed by atoms with Crippen molar-refractivity contribution >= 4 is 34.4 Å². The minimum atomic E-state index is 1.14. The van der Waals surface area contributed by atoms with Gasteiger partial charge in [0, 0.05) is 0 Å². The molecule has 0 bridgehead atoms. The number of rotatable bonds is 10. The molecule has 0 aliphatic rings. The van der Waals surface area contributed by atoms with Gasteiger partial charge in [0.1, 0.15) is 0 Å². The minimum Gasteiger partial charge on any atom is -0.0622 e. The molecule has 0 N–H and O–H groups in total. The summed E-state index contributed by atoms with van der Waals surface area (Å²) in [6.45, 7) is 0. The third-order valence-electron chi connectivity index (χ3n) is 8.77. The molecule has 0 aromatic heterocycles. The first-order valence-corrected chi connectivity index (χ1v) is 17.1. The summed E-state index contributed by atoms with van der Waals surface area (Å²) >= 11 is 0. The molecule has 0 fully saturated rings. The molecule has 0 heteroatoms. The Balaban J connectivity index is 1.43. The fourth-order valence-electron chi connectivity index (χ4n) is 6.24. The van der Waals surface area contributed by atoms with Crippen LogP contribution in [-0.2, 0) is 0 Å². The van der Waals surface area contributed by atoms with Gasteiger partial charge in [0.25, 0.3) is 0 Å². The fourth-order valence-corrected chi connectivity index (χ4v) is 6.24. The van der Waals surface area contributed by atoms with Gasteiger partial charge in [-0.05, 0) is 91.1 Å². The molecule has 0 saturated carbocycles. The lowest BCUT2D eigenvalue weighted by atomic mass is 9.91. The van der Waals surface area contributed by atoms with Crippen LogP contribution in [0, 0.1) is 0 Å². The molecule has 0 nitrogen and oxygen atoms in total. The first-order chi connectivity index (χ1) is 24.8. The van der Waals surface area contributed by atoms with Crippen LogP contribution >= 0.6 is 0 Å². The van der Waals surface area contributed by atoms with Gasteiger partial charge in [-0.15, -0.1) is 0 Å². The van der Waals surface area contributed by atoms with Crippen molar-refractivity contribution in [2.75, 3.05) is 0 Å². The van der Waals surface area contributed by atoms with E-state index in [-0.39, 0.29) is 0 Å². The number of hydrogen-bond acceptors (Lipinski definition) is 0. The number of benzene rings is 7. The third-order valence-corrected chi connectivity index (χ3v) is 8.77. The highest BCUT2D eigenvalue weighted by molar-refractivity contribution is 6.00. The minimum absolute atomic E-state index is 1.14. The fraction of sp³-hybridized carbons (Fsp3) is 0. The van der Waals surface area contributed by atoms with Crippen LogP contribution < -0.4 is 0 Å². The van der Waals surface area contributed by atoms with Crippen molar-refractivity contribution in [3.05, 3.63) is 263 Å². The van der Waals surface area contributed by atoms with Gasteiger partial charge in [-0.25, -0.2) is 0 Å². The van der Waals surface area contributed by atoms with Crippen molar-refractivity contribution in [1.82, 2.24) is 0 Å². The van der Waals surface area contributed by atoms with Gasteiger partial charge in [0.15, 0.2) is 0 Å². The summed E-state index contributed by atoms with van der Waals surface area (Å²) in [5.41, 5.74) is 14.0. The molecule has 0 aliphatic carbocycles. The Morgan fingerprint density at radius 2 is 0.460 bits per heavy atom. The molecule has 238 valence electrons. The molecule has 0 heterocycles. The van der Waals surface area contributed by atoms with Crippen molar-refractivity contribution in [2.45, 2.75) is 0 Å². The van der Waals surface area contributed by atoms with Gasteiger partial charge in [-0.3, -0.25) is 0 Å². The summed E-state index contributed by atoms with van der Waals surface area (Å²) < 4.78 is 0. The molecular weight excluding hydrogens is 601 g/mol. The van der Waals surface area contributed by atoms with Gasteiger partial charge in [0.2, 0.25) is 0 Å². The average molecular weight is 639 g/mol. The van der Waals surface area contributed by atoms with E-state index < -0.39 is 0 Å². The maximum absolute atomic E-state index is 2.33. The normalized spacial score (nSPS) is 11.4. The maximum Gasteiger partial charge on any atom is -0.0105 e. The molecule has 7 aromatic carbocycles. The van der Waals surface area contributed by atoms with Crippen LogP contribution in [0.2, 0.25) is 0 Å². The second-order valence-electron chi connectivity index (χ2n) is 12.1. The Labute approximate surface area is 296 Å². The van der Waals surface area contributed by atoms with Gasteiger partial charge in [-0.1, -0.05) is 206 Å². The predicted molar refractivity (Wildman–Crippen MR) is 215 cm³/mol. The van der Waals surface area contributed by atoms with Gasteiger partial charge >= 0.3 is 0 Å².